The summed E-state index contributed by atoms with van der Waals surface area (Å²) in [6.45, 7) is 5.54. The molecule has 0 atom stereocenters. The molecule has 0 radical (unpaired) electrons. The predicted molar refractivity (Wildman–Crippen MR) is 58.2 cm³/mol. The Morgan fingerprint density at radius 2 is 1.93 bits per heavy atom. The van der Waals surface area contributed by atoms with Crippen LogP contribution in [0.1, 0.15) is 40.0 Å². The van der Waals surface area contributed by atoms with Gasteiger partial charge in [-0.25, -0.2) is 13.1 Å². The molecule has 90 valence electrons. The third kappa shape index (κ3) is 7.33. The standard InChI is InChI=1S/C9H19NO4S/c1-4-6-9(2,3)10-15(13,14)7-5-8(11)12/h10H,4-7H2,1-3H3,(H,11,12). The molecule has 0 aliphatic rings. The lowest BCUT2D eigenvalue weighted by Gasteiger charge is -2.25. The Kier molecular flexibility index (Phi) is 5.23. The number of hydrogen-bond donors (Lipinski definition) is 2. The number of carboxylic acid groups (broad SMARTS) is 1. The van der Waals surface area contributed by atoms with E-state index >= 15 is 0 Å². The molecule has 0 bridgehead atoms. The Balaban J connectivity index is 4.31. The fourth-order valence-corrected chi connectivity index (χ4v) is 2.86. The molecule has 0 saturated heterocycles. The second-order valence-electron chi connectivity index (χ2n) is 4.20. The van der Waals surface area contributed by atoms with Gasteiger partial charge in [0.2, 0.25) is 10.0 Å². The molecule has 0 unspecified atom stereocenters. The van der Waals surface area contributed by atoms with E-state index in [1.165, 1.54) is 0 Å². The molecule has 6 heteroatoms. The minimum absolute atomic E-state index is 0.364. The van der Waals surface area contributed by atoms with Crippen LogP contribution >= 0.6 is 0 Å². The lowest BCUT2D eigenvalue weighted by atomic mass is 10.0. The number of carboxylic acids is 1. The Bertz CT molecular complexity index is 308. The molecule has 0 aromatic carbocycles. The van der Waals surface area contributed by atoms with Crippen molar-refractivity contribution in [1.29, 1.82) is 0 Å². The van der Waals surface area contributed by atoms with Crippen LogP contribution in [-0.4, -0.2) is 30.8 Å². The fraction of sp³-hybridized carbons (Fsp3) is 0.889. The Hall–Kier alpha value is -0.620. The van der Waals surface area contributed by atoms with E-state index in [1.807, 2.05) is 6.92 Å². The lowest BCUT2D eigenvalue weighted by molar-refractivity contribution is -0.136. The number of hydrogen-bond acceptors (Lipinski definition) is 3. The molecule has 0 saturated carbocycles. The molecule has 0 spiro atoms. The maximum atomic E-state index is 11.5. The van der Waals surface area contributed by atoms with E-state index in [4.69, 9.17) is 5.11 Å². The monoisotopic (exact) mass is 237 g/mol. The van der Waals surface area contributed by atoms with E-state index < -0.39 is 21.5 Å². The van der Waals surface area contributed by atoms with E-state index in [1.54, 1.807) is 13.8 Å². The maximum absolute atomic E-state index is 11.5. The van der Waals surface area contributed by atoms with Crippen LogP contribution in [0.2, 0.25) is 0 Å². The largest absolute Gasteiger partial charge is 0.481 e. The van der Waals surface area contributed by atoms with E-state index in [0.29, 0.717) is 0 Å². The highest BCUT2D eigenvalue weighted by Gasteiger charge is 2.24. The van der Waals surface area contributed by atoms with E-state index in [2.05, 4.69) is 4.72 Å². The second-order valence-corrected chi connectivity index (χ2v) is 6.04. The summed E-state index contributed by atoms with van der Waals surface area (Å²) < 4.78 is 25.4. The van der Waals surface area contributed by atoms with Gasteiger partial charge in [0.15, 0.2) is 0 Å². The molecule has 0 amide bonds. The van der Waals surface area contributed by atoms with E-state index in [-0.39, 0.29) is 12.2 Å². The average Bonchev–Trinajstić information content (AvgIpc) is 1.98. The molecule has 0 heterocycles. The maximum Gasteiger partial charge on any atom is 0.304 e. The smallest absolute Gasteiger partial charge is 0.304 e. The van der Waals surface area contributed by atoms with E-state index in [0.717, 1.165) is 12.8 Å². The molecule has 0 aromatic rings. The first kappa shape index (κ1) is 14.4. The molecule has 0 aliphatic carbocycles. The number of aliphatic carboxylic acids is 1. The zero-order valence-corrected chi connectivity index (χ0v) is 10.2. The van der Waals surface area contributed by atoms with Gasteiger partial charge in [0.25, 0.3) is 0 Å². The van der Waals surface area contributed by atoms with Crippen LogP contribution in [0.3, 0.4) is 0 Å². The summed E-state index contributed by atoms with van der Waals surface area (Å²) in [7, 11) is -3.49. The zero-order valence-electron chi connectivity index (χ0n) is 9.41. The molecule has 5 nitrogen and oxygen atoms in total. The van der Waals surface area contributed by atoms with Crippen molar-refractivity contribution in [2.75, 3.05) is 5.75 Å². The van der Waals surface area contributed by atoms with Crippen LogP contribution in [0, 0.1) is 0 Å². The minimum Gasteiger partial charge on any atom is -0.481 e. The van der Waals surface area contributed by atoms with Crippen molar-refractivity contribution in [2.45, 2.75) is 45.6 Å². The molecule has 15 heavy (non-hydrogen) atoms. The number of rotatable bonds is 7. The third-order valence-electron chi connectivity index (χ3n) is 1.89. The van der Waals surface area contributed by atoms with Crippen LogP contribution in [0.25, 0.3) is 0 Å². The van der Waals surface area contributed by atoms with Crippen molar-refractivity contribution in [3.8, 4) is 0 Å². The van der Waals surface area contributed by atoms with Crippen LogP contribution in [0.5, 0.6) is 0 Å². The SMILES string of the molecule is CCCC(C)(C)NS(=O)(=O)CCC(=O)O. The van der Waals surface area contributed by atoms with Crippen molar-refractivity contribution in [2.24, 2.45) is 0 Å². The Morgan fingerprint density at radius 3 is 2.33 bits per heavy atom. The number of nitrogens with one attached hydrogen (secondary N) is 1. The zero-order chi connectivity index (χ0) is 12.1. The average molecular weight is 237 g/mol. The first-order valence-electron chi connectivity index (χ1n) is 4.92. The van der Waals surface area contributed by atoms with Gasteiger partial charge in [0.05, 0.1) is 12.2 Å². The van der Waals surface area contributed by atoms with Crippen LogP contribution in [0.15, 0.2) is 0 Å². The van der Waals surface area contributed by atoms with Crippen molar-refractivity contribution >= 4 is 16.0 Å². The number of sulfonamides is 1. The molecule has 0 rings (SSSR count). The number of carbonyl (C=O) groups is 1. The minimum atomic E-state index is -3.49. The predicted octanol–water partition coefficient (Wildman–Crippen LogP) is 0.959. The van der Waals surface area contributed by atoms with Gasteiger partial charge in [0, 0.05) is 5.54 Å². The first-order chi connectivity index (χ1) is 6.68. The van der Waals surface area contributed by atoms with Gasteiger partial charge in [0.1, 0.15) is 0 Å². The van der Waals surface area contributed by atoms with Crippen LogP contribution < -0.4 is 4.72 Å². The summed E-state index contributed by atoms with van der Waals surface area (Å²) in [4.78, 5) is 10.2. The highest BCUT2D eigenvalue weighted by atomic mass is 32.2. The summed E-state index contributed by atoms with van der Waals surface area (Å²) in [6, 6.07) is 0. The van der Waals surface area contributed by atoms with E-state index in [9.17, 15) is 13.2 Å². The molecular formula is C9H19NO4S. The van der Waals surface area contributed by atoms with Crippen molar-refractivity contribution in [3.05, 3.63) is 0 Å². The Labute approximate surface area is 90.9 Å². The van der Waals surface area contributed by atoms with Crippen LogP contribution in [0.4, 0.5) is 0 Å². The third-order valence-corrected chi connectivity index (χ3v) is 3.50. The molecule has 2 N–H and O–H groups in total. The highest BCUT2D eigenvalue weighted by molar-refractivity contribution is 7.89. The summed E-state index contributed by atoms with van der Waals surface area (Å²) >= 11 is 0. The summed E-state index contributed by atoms with van der Waals surface area (Å²) in [6.07, 6.45) is 1.23. The van der Waals surface area contributed by atoms with Gasteiger partial charge in [-0.2, -0.15) is 0 Å². The van der Waals surface area contributed by atoms with Crippen molar-refractivity contribution < 1.29 is 18.3 Å². The van der Waals surface area contributed by atoms with Crippen molar-refractivity contribution in [3.63, 3.8) is 0 Å². The molecule has 0 aromatic heterocycles. The van der Waals surface area contributed by atoms with Crippen LogP contribution in [-0.2, 0) is 14.8 Å². The van der Waals surface area contributed by atoms with Gasteiger partial charge >= 0.3 is 5.97 Å². The second kappa shape index (κ2) is 5.46. The first-order valence-corrected chi connectivity index (χ1v) is 6.57. The lowest BCUT2D eigenvalue weighted by Crippen LogP contribution is -2.44. The highest BCUT2D eigenvalue weighted by Crippen LogP contribution is 2.12. The van der Waals surface area contributed by atoms with Gasteiger partial charge in [-0.1, -0.05) is 13.3 Å². The quantitative estimate of drug-likeness (QED) is 0.690. The molecular weight excluding hydrogens is 218 g/mol. The normalized spacial score (nSPS) is 12.7. The van der Waals surface area contributed by atoms with Gasteiger partial charge in [-0.15, -0.1) is 0 Å². The molecule has 0 aliphatic heterocycles. The Morgan fingerprint density at radius 1 is 1.40 bits per heavy atom. The fourth-order valence-electron chi connectivity index (χ4n) is 1.37. The van der Waals surface area contributed by atoms with Gasteiger partial charge in [-0.3, -0.25) is 4.79 Å². The molecule has 0 fully saturated rings. The topological polar surface area (TPSA) is 83.5 Å². The van der Waals surface area contributed by atoms with Crippen molar-refractivity contribution in [1.82, 2.24) is 4.72 Å². The van der Waals surface area contributed by atoms with Gasteiger partial charge < -0.3 is 5.11 Å². The summed E-state index contributed by atoms with van der Waals surface area (Å²) in [5.41, 5.74) is -0.508. The summed E-state index contributed by atoms with van der Waals surface area (Å²) in [5.74, 6) is -1.47. The van der Waals surface area contributed by atoms with Gasteiger partial charge in [-0.05, 0) is 20.3 Å². The summed E-state index contributed by atoms with van der Waals surface area (Å²) in [5, 5.41) is 8.39.